The lowest BCUT2D eigenvalue weighted by atomic mass is 10.1. The van der Waals surface area contributed by atoms with Crippen LogP contribution in [0.25, 0.3) is 0 Å². The molecule has 1 radical (unpaired) electrons. The van der Waals surface area contributed by atoms with Gasteiger partial charge in [0, 0.05) is 0 Å². The maximum Gasteiger partial charge on any atom is 0.203 e. The fraction of sp³-hybridized carbons (Fsp3) is 0.500. The smallest absolute Gasteiger partial charge is 0.203 e. The maximum absolute atomic E-state index is 5.60. The minimum atomic E-state index is 0.587. The van der Waals surface area contributed by atoms with Gasteiger partial charge in [0.25, 0.3) is 0 Å². The van der Waals surface area contributed by atoms with E-state index in [0.717, 1.165) is 17.1 Å². The van der Waals surface area contributed by atoms with Crippen LogP contribution in [0, 0.1) is 6.92 Å². The Kier molecular flexibility index (Phi) is 5.67. The fourth-order valence-electron chi connectivity index (χ4n) is 1.59. The molecule has 0 spiro atoms. The fourth-order valence-corrected chi connectivity index (χ4v) is 1.59. The van der Waals surface area contributed by atoms with Gasteiger partial charge in [-0.3, -0.25) is 0 Å². The zero-order chi connectivity index (χ0) is 12.7. The molecule has 1 aromatic rings. The Morgan fingerprint density at radius 1 is 0.882 bits per heavy atom. The van der Waals surface area contributed by atoms with E-state index in [2.05, 4.69) is 6.92 Å². The molecule has 1 rings (SSSR count). The van der Waals surface area contributed by atoms with Gasteiger partial charge < -0.3 is 14.2 Å². The summed E-state index contributed by atoms with van der Waals surface area (Å²) in [7, 11) is 0. The summed E-state index contributed by atoms with van der Waals surface area (Å²) in [6.45, 7) is 11.5. The molecule has 0 aliphatic heterocycles. The highest BCUT2D eigenvalue weighted by Crippen LogP contribution is 2.39. The van der Waals surface area contributed by atoms with E-state index in [9.17, 15) is 0 Å². The Morgan fingerprint density at radius 3 is 1.71 bits per heavy atom. The number of rotatable bonds is 7. The first-order valence-electron chi connectivity index (χ1n) is 6.11. The van der Waals surface area contributed by atoms with Crippen LogP contribution in [-0.4, -0.2) is 19.8 Å². The van der Waals surface area contributed by atoms with Crippen LogP contribution in [0.4, 0.5) is 0 Å². The summed E-state index contributed by atoms with van der Waals surface area (Å²) in [5, 5.41) is 0. The number of hydrogen-bond donors (Lipinski definition) is 0. The molecule has 0 atom stereocenters. The van der Waals surface area contributed by atoms with Gasteiger partial charge in [0.1, 0.15) is 0 Å². The van der Waals surface area contributed by atoms with Crippen LogP contribution in [0.15, 0.2) is 12.1 Å². The Labute approximate surface area is 104 Å². The number of ether oxygens (including phenoxy) is 3. The van der Waals surface area contributed by atoms with Crippen LogP contribution in [0.3, 0.4) is 0 Å². The van der Waals surface area contributed by atoms with Crippen molar-refractivity contribution in [1.82, 2.24) is 0 Å². The van der Waals surface area contributed by atoms with Crippen LogP contribution >= 0.6 is 0 Å². The zero-order valence-electron chi connectivity index (χ0n) is 10.9. The van der Waals surface area contributed by atoms with Crippen LogP contribution < -0.4 is 14.2 Å². The molecule has 1 aromatic carbocycles. The first-order chi connectivity index (χ1) is 8.26. The molecule has 0 heterocycles. The molecule has 0 saturated carbocycles. The van der Waals surface area contributed by atoms with Gasteiger partial charge in [0.15, 0.2) is 11.5 Å². The Morgan fingerprint density at radius 2 is 1.35 bits per heavy atom. The lowest BCUT2D eigenvalue weighted by Crippen LogP contribution is -2.03. The monoisotopic (exact) mass is 237 g/mol. The molecule has 3 heteroatoms. The molecule has 0 unspecified atom stereocenters. The van der Waals surface area contributed by atoms with Crippen molar-refractivity contribution in [1.29, 1.82) is 0 Å². The standard InChI is InChI=1S/C14H21O3/c1-5-11-9-12(15-6-2)14(17-8-4)13(10-11)16-7-3/h9-10H,1,5-8H2,2-4H3. The Bertz CT molecular complexity index is 320. The van der Waals surface area contributed by atoms with Crippen LogP contribution in [0.1, 0.15) is 26.3 Å². The Hall–Kier alpha value is -1.38. The average Bonchev–Trinajstić information content (AvgIpc) is 2.33. The van der Waals surface area contributed by atoms with E-state index >= 15 is 0 Å². The van der Waals surface area contributed by atoms with Crippen molar-refractivity contribution in [3.63, 3.8) is 0 Å². The molecule has 0 saturated heterocycles. The summed E-state index contributed by atoms with van der Waals surface area (Å²) in [6.07, 6.45) is 0.701. The molecule has 0 amide bonds. The van der Waals surface area contributed by atoms with Gasteiger partial charge in [-0.15, -0.1) is 0 Å². The van der Waals surface area contributed by atoms with Crippen LogP contribution in [0.2, 0.25) is 0 Å². The van der Waals surface area contributed by atoms with Gasteiger partial charge in [0.05, 0.1) is 19.8 Å². The first-order valence-corrected chi connectivity index (χ1v) is 6.11. The third-order valence-electron chi connectivity index (χ3n) is 2.26. The molecule has 0 aromatic heterocycles. The summed E-state index contributed by atoms with van der Waals surface area (Å²) in [5.41, 5.74) is 1.08. The SMILES string of the molecule is [CH2]Cc1cc(OCC)c(OCC)c(OCC)c1. The summed E-state index contributed by atoms with van der Waals surface area (Å²) >= 11 is 0. The van der Waals surface area contributed by atoms with Crippen molar-refractivity contribution in [3.05, 3.63) is 24.6 Å². The minimum absolute atomic E-state index is 0.587. The van der Waals surface area contributed by atoms with Crippen LogP contribution in [0.5, 0.6) is 17.2 Å². The van der Waals surface area contributed by atoms with Crippen molar-refractivity contribution < 1.29 is 14.2 Å². The highest BCUT2D eigenvalue weighted by Gasteiger charge is 2.14. The van der Waals surface area contributed by atoms with Crippen molar-refractivity contribution >= 4 is 0 Å². The molecule has 0 N–H and O–H groups in total. The molecule has 17 heavy (non-hydrogen) atoms. The highest BCUT2D eigenvalue weighted by molar-refractivity contribution is 5.54. The molecular formula is C14H21O3. The predicted octanol–water partition coefficient (Wildman–Crippen LogP) is 3.26. The van der Waals surface area contributed by atoms with Crippen LogP contribution in [-0.2, 0) is 6.42 Å². The van der Waals surface area contributed by atoms with Crippen molar-refractivity contribution in [2.75, 3.05) is 19.8 Å². The normalized spacial score (nSPS) is 10.1. The van der Waals surface area contributed by atoms with Crippen molar-refractivity contribution in [2.24, 2.45) is 0 Å². The number of benzene rings is 1. The van der Waals surface area contributed by atoms with E-state index in [1.165, 1.54) is 0 Å². The summed E-state index contributed by atoms with van der Waals surface area (Å²) in [4.78, 5) is 0. The third kappa shape index (κ3) is 3.55. The van der Waals surface area contributed by atoms with E-state index in [1.54, 1.807) is 0 Å². The summed E-state index contributed by atoms with van der Waals surface area (Å²) in [6, 6.07) is 3.92. The summed E-state index contributed by atoms with van der Waals surface area (Å²) in [5.74, 6) is 2.16. The maximum atomic E-state index is 5.60. The molecule has 95 valence electrons. The molecule has 0 fully saturated rings. The zero-order valence-corrected chi connectivity index (χ0v) is 10.9. The first kappa shape index (κ1) is 13.7. The van der Waals surface area contributed by atoms with Gasteiger partial charge in [-0.1, -0.05) is 0 Å². The second-order valence-electron chi connectivity index (χ2n) is 3.47. The predicted molar refractivity (Wildman–Crippen MR) is 69.0 cm³/mol. The van der Waals surface area contributed by atoms with Gasteiger partial charge in [-0.2, -0.15) is 0 Å². The van der Waals surface area contributed by atoms with E-state index in [0.29, 0.717) is 32.0 Å². The lowest BCUT2D eigenvalue weighted by Gasteiger charge is -2.16. The third-order valence-corrected chi connectivity index (χ3v) is 2.26. The van der Waals surface area contributed by atoms with E-state index in [1.807, 2.05) is 32.9 Å². The lowest BCUT2D eigenvalue weighted by molar-refractivity contribution is 0.260. The quantitative estimate of drug-likeness (QED) is 0.728. The van der Waals surface area contributed by atoms with E-state index in [4.69, 9.17) is 14.2 Å². The number of hydrogen-bond acceptors (Lipinski definition) is 3. The van der Waals surface area contributed by atoms with E-state index < -0.39 is 0 Å². The molecule has 0 aliphatic rings. The second-order valence-corrected chi connectivity index (χ2v) is 3.47. The van der Waals surface area contributed by atoms with Gasteiger partial charge in [-0.25, -0.2) is 0 Å². The minimum Gasteiger partial charge on any atom is -0.490 e. The van der Waals surface area contributed by atoms with Gasteiger partial charge >= 0.3 is 0 Å². The van der Waals surface area contributed by atoms with Crippen molar-refractivity contribution in [2.45, 2.75) is 27.2 Å². The highest BCUT2D eigenvalue weighted by atomic mass is 16.5. The molecule has 3 nitrogen and oxygen atoms in total. The van der Waals surface area contributed by atoms with E-state index in [-0.39, 0.29) is 0 Å². The largest absolute Gasteiger partial charge is 0.490 e. The topological polar surface area (TPSA) is 27.7 Å². The second kappa shape index (κ2) is 7.05. The molecule has 0 aliphatic carbocycles. The molecule has 0 bridgehead atoms. The summed E-state index contributed by atoms with van der Waals surface area (Å²) < 4.78 is 16.8. The Balaban J connectivity index is 3.16. The average molecular weight is 237 g/mol. The van der Waals surface area contributed by atoms with Crippen molar-refractivity contribution in [3.8, 4) is 17.2 Å². The van der Waals surface area contributed by atoms with Gasteiger partial charge in [-0.05, 0) is 51.8 Å². The molecular weight excluding hydrogens is 216 g/mol. The van der Waals surface area contributed by atoms with Gasteiger partial charge in [0.2, 0.25) is 5.75 Å².